The zero-order chi connectivity index (χ0) is 17.2. The highest BCUT2D eigenvalue weighted by molar-refractivity contribution is 9.10. The molecule has 0 radical (unpaired) electrons. The van der Waals surface area contributed by atoms with Crippen molar-refractivity contribution in [3.8, 4) is 11.3 Å². The molecule has 0 fully saturated rings. The van der Waals surface area contributed by atoms with E-state index in [9.17, 15) is 9.90 Å². The van der Waals surface area contributed by atoms with Crippen molar-refractivity contribution in [2.75, 3.05) is 0 Å². The van der Waals surface area contributed by atoms with E-state index in [1.54, 1.807) is 26.8 Å². The highest BCUT2D eigenvalue weighted by Gasteiger charge is 2.26. The lowest BCUT2D eigenvalue weighted by molar-refractivity contribution is -0.151. The SMILES string of the molecule is C=C(C(=O)OC(C)(C)C)C(O)c1cc(-c2ccc(Br)cc2)on1. The number of hydrogen-bond donors (Lipinski definition) is 1. The second-order valence-electron chi connectivity index (χ2n) is 6.05. The van der Waals surface area contributed by atoms with E-state index in [1.165, 1.54) is 0 Å². The maximum atomic E-state index is 11.9. The first-order valence-corrected chi connectivity index (χ1v) is 7.79. The standard InChI is InChI=1S/C17H18BrNO4/c1-10(16(21)22-17(2,3)4)15(20)13-9-14(23-19-13)11-5-7-12(18)8-6-11/h5-9,15,20H,1H2,2-4H3. The average Bonchev–Trinajstić information content (AvgIpc) is 2.94. The number of halogens is 1. The van der Waals surface area contributed by atoms with Gasteiger partial charge in [0, 0.05) is 16.1 Å². The zero-order valence-corrected chi connectivity index (χ0v) is 14.8. The van der Waals surface area contributed by atoms with Crippen LogP contribution in [0.3, 0.4) is 0 Å². The molecular formula is C17H18BrNO4. The summed E-state index contributed by atoms with van der Waals surface area (Å²) in [7, 11) is 0. The maximum absolute atomic E-state index is 11.9. The molecule has 0 bridgehead atoms. The number of aliphatic hydroxyl groups is 1. The summed E-state index contributed by atoms with van der Waals surface area (Å²) in [4.78, 5) is 11.9. The fraction of sp³-hybridized carbons (Fsp3) is 0.294. The third kappa shape index (κ3) is 4.53. The van der Waals surface area contributed by atoms with Crippen molar-refractivity contribution in [3.63, 3.8) is 0 Å². The number of benzene rings is 1. The topological polar surface area (TPSA) is 72.6 Å². The predicted molar refractivity (Wildman–Crippen MR) is 89.6 cm³/mol. The van der Waals surface area contributed by atoms with Gasteiger partial charge in [0.2, 0.25) is 0 Å². The van der Waals surface area contributed by atoms with Crippen LogP contribution in [0.15, 0.2) is 51.5 Å². The molecule has 0 aliphatic carbocycles. The lowest BCUT2D eigenvalue weighted by Crippen LogP contribution is -2.26. The van der Waals surface area contributed by atoms with Crippen molar-refractivity contribution >= 4 is 21.9 Å². The Balaban J connectivity index is 2.14. The highest BCUT2D eigenvalue weighted by atomic mass is 79.9. The Hall–Kier alpha value is -1.92. The minimum atomic E-state index is -1.28. The molecule has 0 saturated carbocycles. The van der Waals surface area contributed by atoms with Gasteiger partial charge in [-0.2, -0.15) is 0 Å². The molecule has 0 aliphatic rings. The van der Waals surface area contributed by atoms with E-state index in [-0.39, 0.29) is 11.3 Å². The number of aromatic nitrogens is 1. The third-order valence-corrected chi connectivity index (χ3v) is 3.46. The summed E-state index contributed by atoms with van der Waals surface area (Å²) in [6.07, 6.45) is -1.28. The molecular weight excluding hydrogens is 362 g/mol. The van der Waals surface area contributed by atoms with Crippen LogP contribution in [-0.4, -0.2) is 21.8 Å². The van der Waals surface area contributed by atoms with Crippen molar-refractivity contribution in [2.45, 2.75) is 32.5 Å². The van der Waals surface area contributed by atoms with Crippen molar-refractivity contribution in [3.05, 3.63) is 52.7 Å². The Morgan fingerprint density at radius 3 is 2.52 bits per heavy atom. The van der Waals surface area contributed by atoms with Gasteiger partial charge in [-0.3, -0.25) is 0 Å². The monoisotopic (exact) mass is 379 g/mol. The molecule has 2 rings (SSSR count). The summed E-state index contributed by atoms with van der Waals surface area (Å²) in [5, 5.41) is 14.0. The quantitative estimate of drug-likeness (QED) is 0.640. The largest absolute Gasteiger partial charge is 0.457 e. The lowest BCUT2D eigenvalue weighted by atomic mass is 10.1. The van der Waals surface area contributed by atoms with E-state index in [0.717, 1.165) is 10.0 Å². The van der Waals surface area contributed by atoms with E-state index < -0.39 is 17.7 Å². The lowest BCUT2D eigenvalue weighted by Gasteiger charge is -2.21. The number of rotatable bonds is 4. The van der Waals surface area contributed by atoms with Gasteiger partial charge in [0.1, 0.15) is 17.4 Å². The van der Waals surface area contributed by atoms with Crippen LogP contribution in [0.25, 0.3) is 11.3 Å². The van der Waals surface area contributed by atoms with Crippen LogP contribution in [-0.2, 0) is 9.53 Å². The third-order valence-electron chi connectivity index (χ3n) is 2.93. The minimum Gasteiger partial charge on any atom is -0.457 e. The smallest absolute Gasteiger partial charge is 0.336 e. The second-order valence-corrected chi connectivity index (χ2v) is 6.97. The molecule has 1 aromatic carbocycles. The first kappa shape index (κ1) is 17.4. The van der Waals surface area contributed by atoms with Gasteiger partial charge < -0.3 is 14.4 Å². The van der Waals surface area contributed by atoms with Crippen molar-refractivity contribution in [2.24, 2.45) is 0 Å². The molecule has 122 valence electrons. The number of esters is 1. The molecule has 1 unspecified atom stereocenters. The molecule has 1 atom stereocenters. The second kappa shape index (κ2) is 6.68. The van der Waals surface area contributed by atoms with Gasteiger partial charge in [0.05, 0.1) is 5.57 Å². The van der Waals surface area contributed by atoms with Gasteiger partial charge in [-0.05, 0) is 32.9 Å². The van der Waals surface area contributed by atoms with Crippen molar-refractivity contribution < 1.29 is 19.2 Å². The summed E-state index contributed by atoms with van der Waals surface area (Å²) < 4.78 is 11.4. The Kier molecular flexibility index (Phi) is 5.06. The summed E-state index contributed by atoms with van der Waals surface area (Å²) in [6.45, 7) is 8.82. The number of carbonyl (C=O) groups excluding carboxylic acids is 1. The molecule has 0 spiro atoms. The fourth-order valence-electron chi connectivity index (χ4n) is 1.80. The van der Waals surface area contributed by atoms with Crippen LogP contribution in [0.1, 0.15) is 32.6 Å². The minimum absolute atomic E-state index is 0.0874. The molecule has 2 aromatic rings. The van der Waals surface area contributed by atoms with Gasteiger partial charge in [0.25, 0.3) is 0 Å². The number of nitrogens with zero attached hydrogens (tertiary/aromatic N) is 1. The molecule has 1 heterocycles. The predicted octanol–water partition coefficient (Wildman–Crippen LogP) is 4.04. The van der Waals surface area contributed by atoms with E-state index in [2.05, 4.69) is 27.7 Å². The number of carbonyl (C=O) groups is 1. The summed E-state index contributed by atoms with van der Waals surface area (Å²) in [5.41, 5.74) is 0.267. The van der Waals surface area contributed by atoms with Gasteiger partial charge in [0.15, 0.2) is 5.76 Å². The Labute approximate surface area is 143 Å². The number of hydrogen-bond acceptors (Lipinski definition) is 5. The van der Waals surface area contributed by atoms with E-state index in [1.807, 2.05) is 24.3 Å². The number of ether oxygens (including phenoxy) is 1. The van der Waals surface area contributed by atoms with Gasteiger partial charge in [-0.25, -0.2) is 4.79 Å². The Bertz CT molecular complexity index is 713. The van der Waals surface area contributed by atoms with Crippen LogP contribution in [0.5, 0.6) is 0 Å². The van der Waals surface area contributed by atoms with Crippen LogP contribution < -0.4 is 0 Å². The molecule has 1 aromatic heterocycles. The van der Waals surface area contributed by atoms with E-state index in [4.69, 9.17) is 9.26 Å². The molecule has 6 heteroatoms. The van der Waals surface area contributed by atoms with Gasteiger partial charge in [-0.1, -0.05) is 39.8 Å². The van der Waals surface area contributed by atoms with E-state index >= 15 is 0 Å². The van der Waals surface area contributed by atoms with Crippen molar-refractivity contribution in [1.82, 2.24) is 5.16 Å². The van der Waals surface area contributed by atoms with Crippen molar-refractivity contribution in [1.29, 1.82) is 0 Å². The van der Waals surface area contributed by atoms with Crippen LogP contribution >= 0.6 is 15.9 Å². The molecule has 0 amide bonds. The van der Waals surface area contributed by atoms with Gasteiger partial charge >= 0.3 is 5.97 Å². The molecule has 0 aliphatic heterocycles. The van der Waals surface area contributed by atoms with Crippen LogP contribution in [0.2, 0.25) is 0 Å². The maximum Gasteiger partial charge on any atom is 0.336 e. The summed E-state index contributed by atoms with van der Waals surface area (Å²) in [6, 6.07) is 9.01. The zero-order valence-electron chi connectivity index (χ0n) is 13.2. The molecule has 0 saturated heterocycles. The molecule has 5 nitrogen and oxygen atoms in total. The highest BCUT2D eigenvalue weighted by Crippen LogP contribution is 2.28. The summed E-state index contributed by atoms with van der Waals surface area (Å²) in [5.74, 6) is -0.179. The average molecular weight is 380 g/mol. The first-order valence-electron chi connectivity index (χ1n) is 7.00. The molecule has 1 N–H and O–H groups in total. The van der Waals surface area contributed by atoms with Gasteiger partial charge in [-0.15, -0.1) is 0 Å². The van der Waals surface area contributed by atoms with Crippen LogP contribution in [0.4, 0.5) is 0 Å². The Morgan fingerprint density at radius 1 is 1.35 bits per heavy atom. The fourth-order valence-corrected chi connectivity index (χ4v) is 2.07. The van der Waals surface area contributed by atoms with Crippen LogP contribution in [0, 0.1) is 0 Å². The molecule has 23 heavy (non-hydrogen) atoms. The summed E-state index contributed by atoms with van der Waals surface area (Å²) >= 11 is 3.36. The Morgan fingerprint density at radius 2 is 1.96 bits per heavy atom. The van der Waals surface area contributed by atoms with E-state index in [0.29, 0.717) is 5.76 Å². The first-order chi connectivity index (χ1) is 10.7. The normalized spacial score (nSPS) is 12.7. The number of aliphatic hydroxyl groups excluding tert-OH is 1.